The Balaban J connectivity index is 2.20. The monoisotopic (exact) mass is 308 g/mol. The summed E-state index contributed by atoms with van der Waals surface area (Å²) < 4.78 is 5.58. The van der Waals surface area contributed by atoms with Crippen LogP contribution < -0.4 is 10.1 Å². The molecule has 0 radical (unpaired) electrons. The second kappa shape index (κ2) is 5.54. The first-order valence-electron chi connectivity index (χ1n) is 7.58. The van der Waals surface area contributed by atoms with E-state index in [4.69, 9.17) is 9.73 Å². The van der Waals surface area contributed by atoms with Crippen LogP contribution in [0.15, 0.2) is 47.5 Å². The SMILES string of the molecule is COc1ccc(NC(C)=O)cc1[C@@]1(C)C(C)=Nc2ccccc21. The number of para-hydroxylation sites is 1. The van der Waals surface area contributed by atoms with E-state index in [1.807, 2.05) is 43.3 Å². The molecular formula is C19H20N2O2. The molecule has 2 aromatic rings. The van der Waals surface area contributed by atoms with Gasteiger partial charge in [0.25, 0.3) is 0 Å². The third-order valence-corrected chi connectivity index (χ3v) is 4.51. The molecule has 4 nitrogen and oxygen atoms in total. The summed E-state index contributed by atoms with van der Waals surface area (Å²) in [5.74, 6) is 0.691. The van der Waals surface area contributed by atoms with Gasteiger partial charge in [-0.1, -0.05) is 18.2 Å². The molecule has 0 aliphatic carbocycles. The predicted molar refractivity (Wildman–Crippen MR) is 93.0 cm³/mol. The molecule has 0 saturated heterocycles. The Morgan fingerprint density at radius 3 is 2.61 bits per heavy atom. The molecule has 0 spiro atoms. The van der Waals surface area contributed by atoms with Crippen LogP contribution in [0.1, 0.15) is 31.9 Å². The normalized spacial score (nSPS) is 19.0. The van der Waals surface area contributed by atoms with Gasteiger partial charge in [-0.25, -0.2) is 0 Å². The number of aliphatic imine (C=N–C) groups is 1. The summed E-state index contributed by atoms with van der Waals surface area (Å²) in [6, 6.07) is 13.8. The lowest BCUT2D eigenvalue weighted by Gasteiger charge is -2.29. The first-order valence-corrected chi connectivity index (χ1v) is 7.58. The summed E-state index contributed by atoms with van der Waals surface area (Å²) in [4.78, 5) is 16.1. The van der Waals surface area contributed by atoms with Crippen molar-refractivity contribution in [2.45, 2.75) is 26.2 Å². The van der Waals surface area contributed by atoms with Gasteiger partial charge in [-0.05, 0) is 43.7 Å². The molecule has 0 aromatic heterocycles. The van der Waals surface area contributed by atoms with E-state index in [9.17, 15) is 4.79 Å². The van der Waals surface area contributed by atoms with Crippen LogP contribution >= 0.6 is 0 Å². The van der Waals surface area contributed by atoms with Gasteiger partial charge < -0.3 is 10.1 Å². The van der Waals surface area contributed by atoms with Crippen LogP contribution in [0.4, 0.5) is 11.4 Å². The molecule has 1 heterocycles. The maximum absolute atomic E-state index is 11.4. The highest BCUT2D eigenvalue weighted by Crippen LogP contribution is 2.47. The Morgan fingerprint density at radius 2 is 1.91 bits per heavy atom. The average molecular weight is 308 g/mol. The number of fused-ring (bicyclic) bond motifs is 1. The van der Waals surface area contributed by atoms with Crippen LogP contribution in [0.25, 0.3) is 0 Å². The van der Waals surface area contributed by atoms with Gasteiger partial charge in [-0.3, -0.25) is 9.79 Å². The molecule has 3 rings (SSSR count). The number of nitrogens with zero attached hydrogens (tertiary/aromatic N) is 1. The molecule has 0 bridgehead atoms. The number of carbonyl (C=O) groups excluding carboxylic acids is 1. The summed E-state index contributed by atoms with van der Waals surface area (Å²) in [7, 11) is 1.66. The van der Waals surface area contributed by atoms with Crippen molar-refractivity contribution in [3.8, 4) is 5.75 Å². The summed E-state index contributed by atoms with van der Waals surface area (Å²) in [6.45, 7) is 5.68. The summed E-state index contributed by atoms with van der Waals surface area (Å²) in [5, 5.41) is 2.84. The molecule has 2 aromatic carbocycles. The van der Waals surface area contributed by atoms with Gasteiger partial charge in [-0.2, -0.15) is 0 Å². The van der Waals surface area contributed by atoms with E-state index >= 15 is 0 Å². The number of hydrogen-bond donors (Lipinski definition) is 1. The number of anilines is 1. The topological polar surface area (TPSA) is 50.7 Å². The van der Waals surface area contributed by atoms with Gasteiger partial charge >= 0.3 is 0 Å². The van der Waals surface area contributed by atoms with E-state index in [2.05, 4.69) is 18.3 Å². The number of hydrogen-bond acceptors (Lipinski definition) is 3. The average Bonchev–Trinajstić information content (AvgIpc) is 2.79. The lowest BCUT2D eigenvalue weighted by atomic mass is 9.73. The molecule has 0 fully saturated rings. The van der Waals surface area contributed by atoms with Crippen LogP contribution in [0.5, 0.6) is 5.75 Å². The molecule has 0 saturated carbocycles. The lowest BCUT2D eigenvalue weighted by molar-refractivity contribution is -0.114. The van der Waals surface area contributed by atoms with E-state index in [-0.39, 0.29) is 11.3 Å². The van der Waals surface area contributed by atoms with Gasteiger partial charge in [0.05, 0.1) is 18.2 Å². The largest absolute Gasteiger partial charge is 0.496 e. The van der Waals surface area contributed by atoms with Crippen molar-refractivity contribution in [3.63, 3.8) is 0 Å². The second-order valence-corrected chi connectivity index (χ2v) is 5.94. The number of methoxy groups -OCH3 is 1. The number of ether oxygens (including phenoxy) is 1. The molecule has 0 unspecified atom stereocenters. The maximum atomic E-state index is 11.4. The van der Waals surface area contributed by atoms with Crippen LogP contribution in [0.3, 0.4) is 0 Å². The zero-order valence-electron chi connectivity index (χ0n) is 13.8. The Hall–Kier alpha value is -2.62. The zero-order chi connectivity index (χ0) is 16.6. The molecule has 23 heavy (non-hydrogen) atoms. The minimum absolute atomic E-state index is 0.0940. The Kier molecular flexibility index (Phi) is 3.68. The summed E-state index contributed by atoms with van der Waals surface area (Å²) in [6.07, 6.45) is 0. The highest BCUT2D eigenvalue weighted by Gasteiger charge is 2.40. The maximum Gasteiger partial charge on any atom is 0.221 e. The van der Waals surface area contributed by atoms with Crippen molar-refractivity contribution in [1.29, 1.82) is 0 Å². The van der Waals surface area contributed by atoms with E-state index in [0.29, 0.717) is 0 Å². The number of carbonyl (C=O) groups is 1. The fraction of sp³-hybridized carbons (Fsp3) is 0.263. The van der Waals surface area contributed by atoms with Gasteiger partial charge in [0.2, 0.25) is 5.91 Å². The molecule has 1 aliphatic heterocycles. The van der Waals surface area contributed by atoms with E-state index in [0.717, 1.165) is 34.0 Å². The van der Waals surface area contributed by atoms with Gasteiger partial charge in [0, 0.05) is 23.9 Å². The molecule has 118 valence electrons. The van der Waals surface area contributed by atoms with Gasteiger partial charge in [0.1, 0.15) is 5.75 Å². The quantitative estimate of drug-likeness (QED) is 0.929. The summed E-state index contributed by atoms with van der Waals surface area (Å²) in [5.41, 5.74) is 4.52. The third kappa shape index (κ3) is 2.40. The fourth-order valence-corrected chi connectivity index (χ4v) is 3.20. The first kappa shape index (κ1) is 15.3. The van der Waals surface area contributed by atoms with E-state index in [1.54, 1.807) is 7.11 Å². The zero-order valence-corrected chi connectivity index (χ0v) is 13.8. The highest BCUT2D eigenvalue weighted by atomic mass is 16.5. The van der Waals surface area contributed by atoms with Crippen LogP contribution in [0, 0.1) is 0 Å². The highest BCUT2D eigenvalue weighted by molar-refractivity contribution is 6.03. The van der Waals surface area contributed by atoms with Crippen molar-refractivity contribution in [3.05, 3.63) is 53.6 Å². The van der Waals surface area contributed by atoms with Crippen molar-refractivity contribution < 1.29 is 9.53 Å². The van der Waals surface area contributed by atoms with Crippen molar-refractivity contribution in [2.75, 3.05) is 12.4 Å². The predicted octanol–water partition coefficient (Wildman–Crippen LogP) is 4.07. The number of rotatable bonds is 3. The fourth-order valence-electron chi connectivity index (χ4n) is 3.20. The first-order chi connectivity index (χ1) is 11.0. The minimum atomic E-state index is -0.379. The van der Waals surface area contributed by atoms with Crippen LogP contribution in [-0.2, 0) is 10.2 Å². The Labute approximate surface area is 136 Å². The van der Waals surface area contributed by atoms with Gasteiger partial charge in [-0.15, -0.1) is 0 Å². The van der Waals surface area contributed by atoms with Crippen molar-refractivity contribution in [1.82, 2.24) is 0 Å². The molecule has 1 N–H and O–H groups in total. The van der Waals surface area contributed by atoms with Crippen LogP contribution in [-0.4, -0.2) is 18.7 Å². The van der Waals surface area contributed by atoms with Crippen molar-refractivity contribution in [2.24, 2.45) is 4.99 Å². The molecular weight excluding hydrogens is 288 g/mol. The summed E-state index contributed by atoms with van der Waals surface area (Å²) >= 11 is 0. The minimum Gasteiger partial charge on any atom is -0.496 e. The van der Waals surface area contributed by atoms with Crippen LogP contribution in [0.2, 0.25) is 0 Å². The Morgan fingerprint density at radius 1 is 1.17 bits per heavy atom. The molecule has 1 aliphatic rings. The molecule has 1 amide bonds. The smallest absolute Gasteiger partial charge is 0.221 e. The van der Waals surface area contributed by atoms with E-state index in [1.165, 1.54) is 6.92 Å². The standard InChI is InChI=1S/C19H20N2O2/c1-12-19(3,15-7-5-6-8-17(15)20-12)16-11-14(21-13(2)22)9-10-18(16)23-4/h5-11H,1-4H3,(H,21,22)/t19-/m0/s1. The third-order valence-electron chi connectivity index (χ3n) is 4.51. The number of amides is 1. The van der Waals surface area contributed by atoms with Gasteiger partial charge in [0.15, 0.2) is 0 Å². The van der Waals surface area contributed by atoms with E-state index < -0.39 is 0 Å². The molecule has 4 heteroatoms. The number of nitrogens with one attached hydrogen (secondary N) is 1. The lowest BCUT2D eigenvalue weighted by Crippen LogP contribution is -2.29. The second-order valence-electron chi connectivity index (χ2n) is 5.94. The molecule has 1 atom stereocenters. The van der Waals surface area contributed by atoms with Crippen molar-refractivity contribution >= 4 is 23.0 Å². The number of benzene rings is 2. The Bertz CT molecular complexity index is 811.